The number of benzene rings is 1. The summed E-state index contributed by atoms with van der Waals surface area (Å²) in [5, 5.41) is 3.12. The van der Waals surface area contributed by atoms with Crippen LogP contribution < -0.4 is 26.4 Å². The summed E-state index contributed by atoms with van der Waals surface area (Å²) < 4.78 is 5.37. The zero-order valence-corrected chi connectivity index (χ0v) is 14.6. The highest BCUT2D eigenvalue weighted by Crippen LogP contribution is 2.30. The Kier molecular flexibility index (Phi) is 6.99. The van der Waals surface area contributed by atoms with E-state index >= 15 is 0 Å². The number of ether oxygens (including phenoxy) is 1. The minimum Gasteiger partial charge on any atom is -0.495 e. The summed E-state index contributed by atoms with van der Waals surface area (Å²) in [6.07, 6.45) is 7.38. The highest BCUT2D eigenvalue weighted by molar-refractivity contribution is 5.64. The number of rotatable bonds is 3. The predicted molar refractivity (Wildman–Crippen MR) is 98.4 cm³/mol. The molecule has 1 saturated carbocycles. The van der Waals surface area contributed by atoms with Crippen LogP contribution in [-0.2, 0) is 0 Å². The molecule has 0 radical (unpaired) electrons. The van der Waals surface area contributed by atoms with Gasteiger partial charge in [-0.3, -0.25) is 0 Å². The van der Waals surface area contributed by atoms with Gasteiger partial charge in [-0.05, 0) is 37.8 Å². The van der Waals surface area contributed by atoms with Crippen LogP contribution in [0.3, 0.4) is 0 Å². The van der Waals surface area contributed by atoms with Gasteiger partial charge < -0.3 is 26.4 Å². The highest BCUT2D eigenvalue weighted by Gasteiger charge is 2.17. The molecule has 3 rings (SSSR count). The fourth-order valence-electron chi connectivity index (χ4n) is 3.20. The van der Waals surface area contributed by atoms with Gasteiger partial charge in [0, 0.05) is 44.0 Å². The first-order valence-electron chi connectivity index (χ1n) is 8.76. The van der Waals surface area contributed by atoms with Gasteiger partial charge in [-0.15, -0.1) is 0 Å². The lowest BCUT2D eigenvalue weighted by molar-refractivity contribution is 0.416. The van der Waals surface area contributed by atoms with Crippen LogP contribution in [-0.4, -0.2) is 39.3 Å². The van der Waals surface area contributed by atoms with Gasteiger partial charge in [-0.2, -0.15) is 0 Å². The Hall–Kier alpha value is -1.46. The molecule has 23 heavy (non-hydrogen) atoms. The molecule has 0 aromatic heterocycles. The molecule has 1 aliphatic heterocycles. The fourth-order valence-corrected chi connectivity index (χ4v) is 3.20. The molecule has 0 spiro atoms. The van der Waals surface area contributed by atoms with Crippen molar-refractivity contribution < 1.29 is 4.74 Å². The quantitative estimate of drug-likeness (QED) is 0.798. The van der Waals surface area contributed by atoms with E-state index < -0.39 is 0 Å². The van der Waals surface area contributed by atoms with Crippen LogP contribution in [0.15, 0.2) is 18.2 Å². The standard InChI is InChI=1S/C13H21N3O.C5H11N/c1-15-12-4-3-11(9-13(12)17-2)16-7-5-10(14)6-8-16;6-5-3-1-2-4-5/h3-4,9-10,15H,5-8,14H2,1-2H3;5H,1-4,6H2. The number of nitrogens with two attached hydrogens (primary N) is 2. The van der Waals surface area contributed by atoms with Gasteiger partial charge in [0.2, 0.25) is 0 Å². The molecule has 2 fully saturated rings. The second-order valence-electron chi connectivity index (χ2n) is 6.50. The Balaban J connectivity index is 0.000000268. The third kappa shape index (κ3) is 5.29. The molecule has 5 heteroatoms. The normalized spacial score (nSPS) is 19.2. The second kappa shape index (κ2) is 8.99. The van der Waals surface area contributed by atoms with Gasteiger partial charge in [-0.25, -0.2) is 0 Å². The number of methoxy groups -OCH3 is 1. The molecule has 0 bridgehead atoms. The first-order valence-corrected chi connectivity index (χ1v) is 8.76. The summed E-state index contributed by atoms with van der Waals surface area (Å²) in [5.74, 6) is 0.889. The topological polar surface area (TPSA) is 76.5 Å². The molecule has 2 aliphatic rings. The minimum absolute atomic E-state index is 0.365. The molecule has 1 saturated heterocycles. The van der Waals surface area contributed by atoms with Crippen molar-refractivity contribution in [3.05, 3.63) is 18.2 Å². The van der Waals surface area contributed by atoms with Crippen LogP contribution in [0.5, 0.6) is 5.75 Å². The van der Waals surface area contributed by atoms with Crippen LogP contribution in [0.25, 0.3) is 0 Å². The van der Waals surface area contributed by atoms with Crippen molar-refractivity contribution in [2.45, 2.75) is 50.6 Å². The molecule has 1 aliphatic carbocycles. The first-order chi connectivity index (χ1) is 11.1. The average molecular weight is 320 g/mol. The van der Waals surface area contributed by atoms with Gasteiger partial charge in [0.1, 0.15) is 5.75 Å². The maximum Gasteiger partial charge on any atom is 0.144 e. The van der Waals surface area contributed by atoms with Gasteiger partial charge in [0.25, 0.3) is 0 Å². The highest BCUT2D eigenvalue weighted by atomic mass is 16.5. The summed E-state index contributed by atoms with van der Waals surface area (Å²) in [6.45, 7) is 2.06. The molecule has 0 amide bonds. The van der Waals surface area contributed by atoms with E-state index in [1.165, 1.54) is 31.4 Å². The van der Waals surface area contributed by atoms with Gasteiger partial charge >= 0.3 is 0 Å². The molecule has 130 valence electrons. The van der Waals surface area contributed by atoms with Gasteiger partial charge in [0.15, 0.2) is 0 Å². The smallest absolute Gasteiger partial charge is 0.144 e. The van der Waals surface area contributed by atoms with Crippen molar-refractivity contribution in [1.82, 2.24) is 0 Å². The second-order valence-corrected chi connectivity index (χ2v) is 6.50. The monoisotopic (exact) mass is 320 g/mol. The summed E-state index contributed by atoms with van der Waals surface area (Å²) in [7, 11) is 3.60. The maximum atomic E-state index is 5.92. The lowest BCUT2D eigenvalue weighted by atomic mass is 10.1. The summed E-state index contributed by atoms with van der Waals surface area (Å²) in [4.78, 5) is 2.37. The van der Waals surface area contributed by atoms with Crippen LogP contribution in [0, 0.1) is 0 Å². The minimum atomic E-state index is 0.365. The fraction of sp³-hybridized carbons (Fsp3) is 0.667. The van der Waals surface area contributed by atoms with Crippen LogP contribution >= 0.6 is 0 Å². The van der Waals surface area contributed by atoms with E-state index in [0.29, 0.717) is 12.1 Å². The van der Waals surface area contributed by atoms with Crippen molar-refractivity contribution in [2.75, 3.05) is 37.5 Å². The molecule has 5 N–H and O–H groups in total. The Morgan fingerprint density at radius 1 is 1.04 bits per heavy atom. The van der Waals surface area contributed by atoms with Crippen molar-refractivity contribution in [2.24, 2.45) is 11.5 Å². The SMILES string of the molecule is CNc1ccc(N2CCC(N)CC2)cc1OC.NC1CCCC1. The van der Waals surface area contributed by atoms with E-state index in [1.54, 1.807) is 7.11 Å². The third-order valence-corrected chi connectivity index (χ3v) is 4.76. The molecule has 1 heterocycles. The largest absolute Gasteiger partial charge is 0.495 e. The van der Waals surface area contributed by atoms with E-state index in [4.69, 9.17) is 16.2 Å². The Morgan fingerprint density at radius 3 is 2.13 bits per heavy atom. The summed E-state index contributed by atoms with van der Waals surface area (Å²) in [5.41, 5.74) is 13.7. The number of hydrogen-bond donors (Lipinski definition) is 3. The van der Waals surface area contributed by atoms with Crippen molar-refractivity contribution >= 4 is 11.4 Å². The molecular formula is C18H32N4O. The molecular weight excluding hydrogens is 288 g/mol. The molecule has 0 unspecified atom stereocenters. The number of anilines is 2. The van der Waals surface area contributed by atoms with E-state index in [1.807, 2.05) is 7.05 Å². The Bertz CT molecular complexity index is 466. The Labute approximate surface area is 140 Å². The molecule has 1 aromatic rings. The van der Waals surface area contributed by atoms with Crippen molar-refractivity contribution in [3.8, 4) is 5.75 Å². The predicted octanol–water partition coefficient (Wildman–Crippen LogP) is 2.55. The lowest BCUT2D eigenvalue weighted by Crippen LogP contribution is -2.39. The number of nitrogens with zero attached hydrogens (tertiary/aromatic N) is 1. The summed E-state index contributed by atoms with van der Waals surface area (Å²) in [6, 6.07) is 7.19. The van der Waals surface area contributed by atoms with Crippen molar-refractivity contribution in [1.29, 1.82) is 0 Å². The van der Waals surface area contributed by atoms with Crippen LogP contribution in [0.2, 0.25) is 0 Å². The molecule has 1 aromatic carbocycles. The van der Waals surface area contributed by atoms with E-state index in [-0.39, 0.29) is 0 Å². The van der Waals surface area contributed by atoms with Crippen LogP contribution in [0.4, 0.5) is 11.4 Å². The van der Waals surface area contributed by atoms with Crippen LogP contribution in [0.1, 0.15) is 38.5 Å². The van der Waals surface area contributed by atoms with Gasteiger partial charge in [0.05, 0.1) is 12.8 Å². The number of hydrogen-bond acceptors (Lipinski definition) is 5. The molecule has 5 nitrogen and oxygen atoms in total. The van der Waals surface area contributed by atoms with E-state index in [0.717, 1.165) is 37.4 Å². The van der Waals surface area contributed by atoms with E-state index in [9.17, 15) is 0 Å². The Morgan fingerprint density at radius 2 is 1.65 bits per heavy atom. The third-order valence-electron chi connectivity index (χ3n) is 4.76. The maximum absolute atomic E-state index is 5.92. The van der Waals surface area contributed by atoms with E-state index in [2.05, 4.69) is 28.4 Å². The number of nitrogens with one attached hydrogen (secondary N) is 1. The zero-order chi connectivity index (χ0) is 16.7. The van der Waals surface area contributed by atoms with Gasteiger partial charge in [-0.1, -0.05) is 12.8 Å². The summed E-state index contributed by atoms with van der Waals surface area (Å²) >= 11 is 0. The first kappa shape index (κ1) is 17.9. The zero-order valence-electron chi connectivity index (χ0n) is 14.6. The number of piperidine rings is 1. The van der Waals surface area contributed by atoms with Crippen molar-refractivity contribution in [3.63, 3.8) is 0 Å². The lowest BCUT2D eigenvalue weighted by Gasteiger charge is -2.32. The molecule has 0 atom stereocenters. The average Bonchev–Trinajstić information content (AvgIpc) is 3.06.